The van der Waals surface area contributed by atoms with E-state index >= 15 is 0 Å². The van der Waals surface area contributed by atoms with Crippen LogP contribution in [0.25, 0.3) is 5.70 Å². The number of aryl methyl sites for hydroxylation is 1. The van der Waals surface area contributed by atoms with Crippen LogP contribution in [0.2, 0.25) is 0 Å². The van der Waals surface area contributed by atoms with Gasteiger partial charge in [-0.2, -0.15) is 0 Å². The van der Waals surface area contributed by atoms with Crippen molar-refractivity contribution < 1.29 is 19.0 Å². The van der Waals surface area contributed by atoms with Gasteiger partial charge in [0.1, 0.15) is 11.4 Å². The molecule has 2 aliphatic heterocycles. The van der Waals surface area contributed by atoms with E-state index in [9.17, 15) is 4.79 Å². The lowest BCUT2D eigenvalue weighted by atomic mass is 10.1. The smallest absolute Gasteiger partial charge is 0.276 e. The van der Waals surface area contributed by atoms with E-state index in [1.54, 1.807) is 32.4 Å². The maximum Gasteiger partial charge on any atom is 0.276 e. The normalized spacial score (nSPS) is 16.3. The molecule has 3 aromatic carbocycles. The van der Waals surface area contributed by atoms with Gasteiger partial charge in [0, 0.05) is 22.6 Å². The molecule has 0 saturated heterocycles. The molecule has 0 spiro atoms. The third kappa shape index (κ3) is 4.37. The van der Waals surface area contributed by atoms with Crippen LogP contribution in [-0.2, 0) is 10.5 Å². The number of hydrazone groups is 1. The lowest BCUT2D eigenvalue weighted by molar-refractivity contribution is -0.116. The number of benzene rings is 3. The van der Waals surface area contributed by atoms with E-state index in [0.717, 1.165) is 10.8 Å². The number of carbonyl (C=O) groups excluding carboxylic acids is 1. The fraction of sp³-hybridized carbons (Fsp3) is 0.222. The number of fused-ring (bicyclic) bond motifs is 2. The highest BCUT2D eigenvalue weighted by atomic mass is 32.2. The van der Waals surface area contributed by atoms with E-state index in [2.05, 4.69) is 36.5 Å². The summed E-state index contributed by atoms with van der Waals surface area (Å²) in [7, 11) is 4.73. The average molecular weight is 503 g/mol. The molecule has 1 N–H and O–H groups in total. The van der Waals surface area contributed by atoms with Crippen LogP contribution in [0, 0.1) is 6.92 Å². The lowest BCUT2D eigenvalue weighted by Gasteiger charge is -2.34. The summed E-state index contributed by atoms with van der Waals surface area (Å²) in [6.07, 6.45) is -0.648. The Kier molecular flexibility index (Phi) is 6.56. The van der Waals surface area contributed by atoms with Gasteiger partial charge in [0.2, 0.25) is 0 Å². The zero-order valence-corrected chi connectivity index (χ0v) is 21.3. The predicted octanol–water partition coefficient (Wildman–Crippen LogP) is 3.10. The maximum atomic E-state index is 13.4. The van der Waals surface area contributed by atoms with Gasteiger partial charge in [-0.05, 0) is 24.6 Å². The molecule has 8 nitrogen and oxygen atoms in total. The van der Waals surface area contributed by atoms with Crippen molar-refractivity contribution in [2.24, 2.45) is 10.1 Å². The summed E-state index contributed by atoms with van der Waals surface area (Å²) in [5, 5.41) is 11.4. The second-order valence-corrected chi connectivity index (χ2v) is 9.26. The molecular weight excluding hydrogens is 476 g/mol. The molecule has 0 saturated carbocycles. The second-order valence-electron chi connectivity index (χ2n) is 8.30. The number of ether oxygens (including phenoxy) is 3. The number of carbonyl (C=O) groups is 1. The van der Waals surface area contributed by atoms with Gasteiger partial charge in [0.15, 0.2) is 22.8 Å². The van der Waals surface area contributed by atoms with Gasteiger partial charge in [-0.1, -0.05) is 59.8 Å². The number of nitrogens with zero attached hydrogens (tertiary/aromatic N) is 3. The Morgan fingerprint density at radius 2 is 1.64 bits per heavy atom. The minimum atomic E-state index is -0.648. The number of amidine groups is 1. The first-order valence-electron chi connectivity index (χ1n) is 11.4. The number of amides is 1. The van der Waals surface area contributed by atoms with Gasteiger partial charge in [-0.15, -0.1) is 5.10 Å². The maximum absolute atomic E-state index is 13.4. The molecular formula is C27H26N4O4S. The van der Waals surface area contributed by atoms with Crippen LogP contribution >= 0.6 is 11.8 Å². The largest absolute Gasteiger partial charge is 0.496 e. The Labute approximate surface area is 213 Å². The summed E-state index contributed by atoms with van der Waals surface area (Å²) in [5.41, 5.74) is 3.47. The standard InChI is InChI=1S/C27H26N4O4S/c1-16-9-11-17(12-10-16)15-36-27-29-26(32)24-18-7-5-6-8-20(18)28-25(31(24)30-27)19-13-22(34-3)23(35-4)14-21(19)33-2/h5-14,25H,15H2,1-4H3,(H,29,30,32)/t25-/m0/s1. The quantitative estimate of drug-likeness (QED) is 0.558. The Hall–Kier alpha value is -3.98. The van der Waals surface area contributed by atoms with Crippen molar-refractivity contribution in [1.82, 2.24) is 10.3 Å². The first kappa shape index (κ1) is 23.7. The second kappa shape index (κ2) is 9.94. The Morgan fingerprint density at radius 3 is 2.36 bits per heavy atom. The van der Waals surface area contributed by atoms with Gasteiger partial charge in [0.25, 0.3) is 5.91 Å². The number of hydrogen-bond donors (Lipinski definition) is 1. The molecule has 0 bridgehead atoms. The topological polar surface area (TPSA) is 84.8 Å². The first-order valence-corrected chi connectivity index (χ1v) is 12.4. The molecule has 9 heteroatoms. The molecule has 5 rings (SSSR count). The summed E-state index contributed by atoms with van der Waals surface area (Å²) in [5.74, 6) is 2.05. The number of para-hydroxylation sites is 1. The molecule has 0 radical (unpaired) electrons. The minimum Gasteiger partial charge on any atom is -0.496 e. The van der Waals surface area contributed by atoms with Crippen LogP contribution in [0.4, 0.5) is 0 Å². The van der Waals surface area contributed by atoms with Crippen molar-refractivity contribution in [2.75, 3.05) is 21.3 Å². The van der Waals surface area contributed by atoms with E-state index < -0.39 is 6.17 Å². The van der Waals surface area contributed by atoms with Crippen LogP contribution in [0.3, 0.4) is 0 Å². The zero-order chi connectivity index (χ0) is 25.2. The number of methoxy groups -OCH3 is 3. The van der Waals surface area contributed by atoms with Crippen LogP contribution in [-0.4, -0.2) is 37.4 Å². The molecule has 3 aromatic rings. The van der Waals surface area contributed by atoms with Crippen molar-refractivity contribution in [2.45, 2.75) is 18.8 Å². The third-order valence-electron chi connectivity index (χ3n) is 6.03. The third-order valence-corrected chi connectivity index (χ3v) is 6.96. The summed E-state index contributed by atoms with van der Waals surface area (Å²) in [4.78, 5) is 18.4. The van der Waals surface area contributed by atoms with E-state index in [0.29, 0.717) is 44.8 Å². The molecule has 2 heterocycles. The van der Waals surface area contributed by atoms with Crippen molar-refractivity contribution in [1.29, 1.82) is 0 Å². The predicted molar refractivity (Wildman–Crippen MR) is 139 cm³/mol. The number of nitrogens with one attached hydrogen (secondary N) is 1. The van der Waals surface area contributed by atoms with Crippen LogP contribution < -0.4 is 30.1 Å². The van der Waals surface area contributed by atoms with Gasteiger partial charge in [-0.25, -0.2) is 5.01 Å². The zero-order valence-electron chi connectivity index (χ0n) is 20.4. The highest BCUT2D eigenvalue weighted by Gasteiger charge is 2.36. The highest BCUT2D eigenvalue weighted by molar-refractivity contribution is 8.13. The highest BCUT2D eigenvalue weighted by Crippen LogP contribution is 2.41. The van der Waals surface area contributed by atoms with Crippen molar-refractivity contribution in [3.8, 4) is 17.2 Å². The number of rotatable bonds is 6. The minimum absolute atomic E-state index is 0.233. The van der Waals surface area contributed by atoms with Gasteiger partial charge in [-0.3, -0.25) is 15.1 Å². The first-order chi connectivity index (χ1) is 17.5. The molecule has 2 aliphatic rings. The number of hydrogen-bond acceptors (Lipinski definition) is 8. The summed E-state index contributed by atoms with van der Waals surface area (Å²) in [6.45, 7) is 2.06. The molecule has 184 valence electrons. The van der Waals surface area contributed by atoms with Crippen LogP contribution in [0.1, 0.15) is 22.9 Å². The van der Waals surface area contributed by atoms with Gasteiger partial charge >= 0.3 is 0 Å². The van der Waals surface area contributed by atoms with Crippen LogP contribution in [0.5, 0.6) is 17.2 Å². The Balaban J connectivity index is 1.61. The Bertz CT molecular complexity index is 1470. The fourth-order valence-corrected chi connectivity index (χ4v) is 4.99. The van der Waals surface area contributed by atoms with Gasteiger partial charge in [0.05, 0.1) is 26.7 Å². The van der Waals surface area contributed by atoms with Crippen molar-refractivity contribution in [3.05, 3.63) is 87.9 Å². The van der Waals surface area contributed by atoms with Crippen molar-refractivity contribution >= 4 is 28.5 Å². The van der Waals surface area contributed by atoms with E-state index in [-0.39, 0.29) is 5.91 Å². The SMILES string of the molecule is COc1cc(OC)c([C@H]2N=c3ccccc3=C3C(=O)NC(SCc4ccc(C)cc4)=NN32)cc1OC. The lowest BCUT2D eigenvalue weighted by Crippen LogP contribution is -2.50. The summed E-state index contributed by atoms with van der Waals surface area (Å²) >= 11 is 1.46. The molecule has 0 unspecified atom stereocenters. The van der Waals surface area contributed by atoms with Crippen molar-refractivity contribution in [3.63, 3.8) is 0 Å². The molecule has 0 aliphatic carbocycles. The monoisotopic (exact) mass is 502 g/mol. The Morgan fingerprint density at radius 1 is 0.944 bits per heavy atom. The fourth-order valence-electron chi connectivity index (χ4n) is 4.19. The van der Waals surface area contributed by atoms with E-state index in [1.165, 1.54) is 17.3 Å². The molecule has 0 fully saturated rings. The average Bonchev–Trinajstić information content (AvgIpc) is 2.91. The van der Waals surface area contributed by atoms with E-state index in [1.807, 2.05) is 30.3 Å². The molecule has 1 atom stereocenters. The molecule has 1 amide bonds. The summed E-state index contributed by atoms with van der Waals surface area (Å²) < 4.78 is 16.7. The summed E-state index contributed by atoms with van der Waals surface area (Å²) in [6, 6.07) is 19.4. The van der Waals surface area contributed by atoms with Crippen LogP contribution in [0.15, 0.2) is 70.8 Å². The molecule has 36 heavy (non-hydrogen) atoms. The number of thioether (sulfide) groups is 1. The van der Waals surface area contributed by atoms with E-state index in [4.69, 9.17) is 24.3 Å². The van der Waals surface area contributed by atoms with Gasteiger partial charge < -0.3 is 14.2 Å². The molecule has 0 aromatic heterocycles.